The van der Waals surface area contributed by atoms with Gasteiger partial charge in [-0.15, -0.1) is 0 Å². The molecule has 0 unspecified atom stereocenters. The summed E-state index contributed by atoms with van der Waals surface area (Å²) in [4.78, 5) is 29.9. The van der Waals surface area contributed by atoms with Gasteiger partial charge < -0.3 is 18.7 Å². The van der Waals surface area contributed by atoms with Gasteiger partial charge >= 0.3 is 0 Å². The Bertz CT molecular complexity index is 1920. The van der Waals surface area contributed by atoms with Crippen LogP contribution in [-0.2, 0) is 22.8 Å². The van der Waals surface area contributed by atoms with Gasteiger partial charge in [0.1, 0.15) is 36.2 Å². The number of methoxy groups -OCH3 is 1. The van der Waals surface area contributed by atoms with Crippen molar-refractivity contribution in [1.82, 2.24) is 5.16 Å². The lowest BCUT2D eigenvalue weighted by Crippen LogP contribution is -2.43. The molecule has 2 aliphatic rings. The Kier molecular flexibility index (Phi) is 10.7. The first-order chi connectivity index (χ1) is 25.0. The lowest BCUT2D eigenvalue weighted by Gasteiger charge is -2.25. The second-order valence-corrected chi connectivity index (χ2v) is 13.6. The van der Waals surface area contributed by atoms with E-state index in [1.807, 2.05) is 84.9 Å². The van der Waals surface area contributed by atoms with Crippen LogP contribution in [0.15, 0.2) is 102 Å². The monoisotopic (exact) mass is 704 g/mol. The molecule has 0 aliphatic heterocycles. The van der Waals surface area contributed by atoms with Crippen molar-refractivity contribution in [2.45, 2.75) is 64.6 Å². The summed E-state index contributed by atoms with van der Waals surface area (Å²) in [5.41, 5.74) is 4.07. The summed E-state index contributed by atoms with van der Waals surface area (Å²) in [5, 5.41) is 4.94. The van der Waals surface area contributed by atoms with Crippen molar-refractivity contribution in [3.63, 3.8) is 0 Å². The number of benzene rings is 4. The van der Waals surface area contributed by atoms with E-state index in [2.05, 4.69) is 5.16 Å². The van der Waals surface area contributed by atoms with E-state index in [-0.39, 0.29) is 36.1 Å². The SMILES string of the molecule is COc1ccc(-c2c(-c3cc(Cl)c(OCc4ccccc4)cc3OCc3ccccc3)noc2N(C(=O)C2CCCC2)C(=O)C2CCCC2)cc1. The molecule has 8 nitrogen and oxygen atoms in total. The van der Waals surface area contributed by atoms with E-state index in [0.717, 1.165) is 62.5 Å². The number of hydrogen-bond donors (Lipinski definition) is 0. The minimum atomic E-state index is -0.257. The lowest BCUT2D eigenvalue weighted by molar-refractivity contribution is -0.131. The maximum Gasteiger partial charge on any atom is 0.249 e. The molecule has 0 saturated heterocycles. The fraction of sp³-hybridized carbons (Fsp3) is 0.310. The highest BCUT2D eigenvalue weighted by molar-refractivity contribution is 6.32. The number of nitrogens with zero attached hydrogens (tertiary/aromatic N) is 2. The number of hydrogen-bond acceptors (Lipinski definition) is 7. The summed E-state index contributed by atoms with van der Waals surface area (Å²) in [6.45, 7) is 0.577. The molecule has 1 heterocycles. The van der Waals surface area contributed by atoms with Gasteiger partial charge in [-0.25, -0.2) is 4.90 Å². The predicted octanol–water partition coefficient (Wildman–Crippen LogP) is 10.1. The van der Waals surface area contributed by atoms with Gasteiger partial charge in [0.2, 0.25) is 17.7 Å². The number of anilines is 1. The van der Waals surface area contributed by atoms with E-state index in [4.69, 9.17) is 30.3 Å². The van der Waals surface area contributed by atoms with Crippen molar-refractivity contribution in [2.75, 3.05) is 12.0 Å². The van der Waals surface area contributed by atoms with Crippen LogP contribution in [-0.4, -0.2) is 24.1 Å². The normalized spacial score (nSPS) is 14.8. The Morgan fingerprint density at radius 1 is 0.745 bits per heavy atom. The third-order valence-corrected chi connectivity index (χ3v) is 10.2. The standard InChI is InChI=1S/C42H41ClN2O6/c1-48-33-22-20-30(21-23-33)38-39(44-51-42(38)45(40(46)31-16-8-9-17-31)41(47)32-18-10-11-19-32)34-24-35(43)37(50-27-29-14-6-3-7-15-29)25-36(34)49-26-28-12-4-2-5-13-28/h2-7,12-15,20-25,31-32H,8-11,16-19,26-27H2,1H3. The summed E-state index contributed by atoms with van der Waals surface area (Å²) in [6.07, 6.45) is 6.77. The molecule has 0 bridgehead atoms. The topological polar surface area (TPSA) is 91.1 Å². The zero-order valence-electron chi connectivity index (χ0n) is 28.7. The third kappa shape index (κ3) is 7.66. The number of imide groups is 1. The Morgan fingerprint density at radius 2 is 1.27 bits per heavy atom. The van der Waals surface area contributed by atoms with Gasteiger partial charge in [-0.05, 0) is 60.6 Å². The Hall–Kier alpha value is -5.08. The molecular weight excluding hydrogens is 664 g/mol. The summed E-state index contributed by atoms with van der Waals surface area (Å²) in [7, 11) is 1.60. The van der Waals surface area contributed by atoms with Gasteiger partial charge in [-0.2, -0.15) is 0 Å². The van der Waals surface area contributed by atoms with Crippen molar-refractivity contribution >= 4 is 29.3 Å². The van der Waals surface area contributed by atoms with E-state index >= 15 is 0 Å². The van der Waals surface area contributed by atoms with Gasteiger partial charge in [0, 0.05) is 23.5 Å². The van der Waals surface area contributed by atoms with Gasteiger partial charge in [-0.3, -0.25) is 9.59 Å². The van der Waals surface area contributed by atoms with Crippen molar-refractivity contribution in [2.24, 2.45) is 11.8 Å². The van der Waals surface area contributed by atoms with Crippen molar-refractivity contribution in [3.8, 4) is 39.6 Å². The number of aromatic nitrogens is 1. The van der Waals surface area contributed by atoms with Crippen molar-refractivity contribution in [3.05, 3.63) is 113 Å². The van der Waals surface area contributed by atoms with Crippen molar-refractivity contribution < 1.29 is 28.3 Å². The lowest BCUT2D eigenvalue weighted by atomic mass is 9.97. The molecule has 2 saturated carbocycles. The summed E-state index contributed by atoms with van der Waals surface area (Å²) >= 11 is 6.94. The van der Waals surface area contributed by atoms with Crippen LogP contribution >= 0.6 is 11.6 Å². The molecule has 2 aliphatic carbocycles. The average Bonchev–Trinajstić information content (AvgIpc) is 3.98. The van der Waals surface area contributed by atoms with E-state index in [1.54, 1.807) is 19.2 Å². The molecule has 262 valence electrons. The van der Waals surface area contributed by atoms with Crippen LogP contribution in [0.2, 0.25) is 5.02 Å². The highest BCUT2D eigenvalue weighted by atomic mass is 35.5. The van der Waals surface area contributed by atoms with Crippen LogP contribution in [0.1, 0.15) is 62.5 Å². The van der Waals surface area contributed by atoms with Crippen LogP contribution in [0, 0.1) is 11.8 Å². The van der Waals surface area contributed by atoms with Crippen LogP contribution in [0.5, 0.6) is 17.2 Å². The van der Waals surface area contributed by atoms with Crippen LogP contribution in [0.3, 0.4) is 0 Å². The first-order valence-corrected chi connectivity index (χ1v) is 18.1. The number of ether oxygens (including phenoxy) is 3. The maximum absolute atomic E-state index is 14.3. The fourth-order valence-electron chi connectivity index (χ4n) is 7.08. The molecule has 7 rings (SSSR count). The van der Waals surface area contributed by atoms with Gasteiger partial charge in [0.05, 0.1) is 17.7 Å². The van der Waals surface area contributed by atoms with Crippen molar-refractivity contribution in [1.29, 1.82) is 0 Å². The minimum Gasteiger partial charge on any atom is -0.497 e. The maximum atomic E-state index is 14.3. The third-order valence-electron chi connectivity index (χ3n) is 9.87. The molecule has 9 heteroatoms. The molecular formula is C42H41ClN2O6. The van der Waals surface area contributed by atoms with E-state index < -0.39 is 0 Å². The molecule has 2 fully saturated rings. The summed E-state index contributed by atoms with van der Waals surface area (Å²) in [6, 6.07) is 30.6. The number of halogens is 1. The van der Waals surface area contributed by atoms with Gasteiger partial charge in [0.25, 0.3) is 0 Å². The largest absolute Gasteiger partial charge is 0.497 e. The number of amides is 2. The van der Waals surface area contributed by atoms with E-state index in [0.29, 0.717) is 51.3 Å². The second-order valence-electron chi connectivity index (χ2n) is 13.2. The predicted molar refractivity (Wildman–Crippen MR) is 197 cm³/mol. The highest BCUT2D eigenvalue weighted by Gasteiger charge is 2.40. The zero-order chi connectivity index (χ0) is 35.2. The molecule has 51 heavy (non-hydrogen) atoms. The molecule has 5 aromatic rings. The quantitative estimate of drug-likeness (QED) is 0.119. The van der Waals surface area contributed by atoms with Crippen LogP contribution < -0.4 is 19.1 Å². The number of rotatable bonds is 12. The second kappa shape index (κ2) is 15.9. The Balaban J connectivity index is 1.36. The minimum absolute atomic E-state index is 0.110. The summed E-state index contributed by atoms with van der Waals surface area (Å²) < 4.78 is 24.3. The zero-order valence-corrected chi connectivity index (χ0v) is 29.4. The average molecular weight is 705 g/mol. The van der Waals surface area contributed by atoms with Gasteiger partial charge in [0.15, 0.2) is 0 Å². The fourth-order valence-corrected chi connectivity index (χ4v) is 7.29. The molecule has 2 amide bonds. The summed E-state index contributed by atoms with van der Waals surface area (Å²) in [5.74, 6) is 0.691. The van der Waals surface area contributed by atoms with Crippen LogP contribution in [0.25, 0.3) is 22.4 Å². The molecule has 1 aromatic heterocycles. The van der Waals surface area contributed by atoms with Gasteiger partial charge in [-0.1, -0.05) is 115 Å². The van der Waals surface area contributed by atoms with Crippen LogP contribution in [0.4, 0.5) is 5.88 Å². The Labute approximate surface area is 303 Å². The number of carbonyl (C=O) groups is 2. The molecule has 4 aromatic carbocycles. The highest BCUT2D eigenvalue weighted by Crippen LogP contribution is 2.47. The molecule has 0 spiro atoms. The first kappa shape index (κ1) is 34.4. The smallest absolute Gasteiger partial charge is 0.249 e. The molecule has 0 atom stereocenters. The molecule has 0 N–H and O–H groups in total. The Morgan fingerprint density at radius 3 is 1.80 bits per heavy atom. The first-order valence-electron chi connectivity index (χ1n) is 17.7. The number of carbonyl (C=O) groups excluding carboxylic acids is 2. The molecule has 0 radical (unpaired) electrons. The van der Waals surface area contributed by atoms with E-state index in [1.165, 1.54) is 4.90 Å². The van der Waals surface area contributed by atoms with E-state index in [9.17, 15) is 9.59 Å².